The molecule has 0 spiro atoms. The molecule has 48 heavy (non-hydrogen) atoms. The first-order valence-corrected chi connectivity index (χ1v) is 15.6. The van der Waals surface area contributed by atoms with Crippen molar-refractivity contribution in [2.75, 3.05) is 38.6 Å². The number of nitrogens with one attached hydrogen (secondary N) is 5. The minimum Gasteiger partial charge on any atom is -0.494 e. The van der Waals surface area contributed by atoms with E-state index in [1.807, 2.05) is 0 Å². The standard InChI is InChI=1S/C30H37B3N10O5/c1-47-25-18(28-39-23(41-48-28)16-42-11-13-43(14-12-42)29(46)20-6-2-3-10-36-20)5-4-7-19(25)37-21(24(35)27(45)40-30(31,32)33)15-22(34)38-26(44)17-8-9-17/h2-7,10,15,17,35,37H,8-9,11-14,16,31-33H2,1H3,(H,40,45)(H2,34,38,44)/b21-15+,35-24?. The van der Waals surface area contributed by atoms with Crippen LogP contribution in [0.5, 0.6) is 5.75 Å². The summed E-state index contributed by atoms with van der Waals surface area (Å²) in [6, 6.07) is 10.4. The molecule has 5 N–H and O–H groups in total. The Kier molecular flexibility index (Phi) is 10.4. The summed E-state index contributed by atoms with van der Waals surface area (Å²) in [4.78, 5) is 50.7. The van der Waals surface area contributed by atoms with Gasteiger partial charge in [0.25, 0.3) is 17.7 Å². The summed E-state index contributed by atoms with van der Waals surface area (Å²) < 4.78 is 11.3. The number of carbonyl (C=O) groups excluding carboxylic acids is 3. The predicted molar refractivity (Wildman–Crippen MR) is 186 cm³/mol. The fourth-order valence-corrected chi connectivity index (χ4v) is 5.01. The molecule has 3 heterocycles. The molecule has 0 atom stereocenters. The second-order valence-corrected chi connectivity index (χ2v) is 12.6. The number of carbonyl (C=O) groups is 3. The van der Waals surface area contributed by atoms with Crippen LogP contribution < -0.4 is 20.7 Å². The van der Waals surface area contributed by atoms with Gasteiger partial charge in [0.1, 0.15) is 40.8 Å². The molecule has 0 radical (unpaired) electrons. The zero-order valence-electron chi connectivity index (χ0n) is 27.4. The van der Waals surface area contributed by atoms with Gasteiger partial charge in [0, 0.05) is 44.4 Å². The number of ether oxygens (including phenoxy) is 1. The lowest BCUT2D eigenvalue weighted by molar-refractivity contribution is -0.120. The minimum atomic E-state index is -0.666. The van der Waals surface area contributed by atoms with Gasteiger partial charge in [-0.1, -0.05) is 17.3 Å². The lowest BCUT2D eigenvalue weighted by Gasteiger charge is -2.33. The summed E-state index contributed by atoms with van der Waals surface area (Å²) in [6.45, 7) is 2.76. The number of amides is 3. The average Bonchev–Trinajstić information content (AvgIpc) is 3.82. The zero-order chi connectivity index (χ0) is 34.4. The monoisotopic (exact) mass is 650 g/mol. The van der Waals surface area contributed by atoms with E-state index >= 15 is 0 Å². The smallest absolute Gasteiger partial charge is 0.272 e. The summed E-state index contributed by atoms with van der Waals surface area (Å²) in [5.41, 5.74) is 0.786. The van der Waals surface area contributed by atoms with Crippen molar-refractivity contribution in [3.8, 4) is 17.2 Å². The molecule has 1 saturated heterocycles. The van der Waals surface area contributed by atoms with Crippen LogP contribution in [0.4, 0.5) is 5.69 Å². The van der Waals surface area contributed by atoms with Gasteiger partial charge in [-0.15, -0.1) is 0 Å². The number of pyridine rings is 1. The molecule has 5 rings (SSSR count). The SMILES string of the molecule is BC(B)(B)NC(=O)C(=N)/C(=C\C(=N)NC(=O)C1CC1)Nc1cccc(-c2nc(CN3CCN(C(=O)c4ccccn4)CC3)no2)c1OC. The largest absolute Gasteiger partial charge is 0.494 e. The third-order valence-corrected chi connectivity index (χ3v) is 7.58. The van der Waals surface area contributed by atoms with E-state index in [1.54, 1.807) is 71.0 Å². The molecule has 0 bridgehead atoms. The Labute approximate surface area is 280 Å². The molecule has 1 aliphatic carbocycles. The highest BCUT2D eigenvalue weighted by Gasteiger charge is 2.30. The van der Waals surface area contributed by atoms with Crippen LogP contribution in [0.3, 0.4) is 0 Å². The normalized spacial score (nSPS) is 15.4. The minimum absolute atomic E-state index is 0.0276. The van der Waals surface area contributed by atoms with E-state index < -0.39 is 16.9 Å². The number of hydrogen-bond donors (Lipinski definition) is 5. The van der Waals surface area contributed by atoms with Crippen LogP contribution in [0.15, 0.2) is 58.9 Å². The Balaban J connectivity index is 1.30. The summed E-state index contributed by atoms with van der Waals surface area (Å²) in [6.07, 6.45) is 4.37. The van der Waals surface area contributed by atoms with E-state index in [4.69, 9.17) is 20.1 Å². The van der Waals surface area contributed by atoms with E-state index in [1.165, 1.54) is 13.2 Å². The van der Waals surface area contributed by atoms with E-state index in [2.05, 4.69) is 36.0 Å². The van der Waals surface area contributed by atoms with E-state index in [9.17, 15) is 14.4 Å². The molecular weight excluding hydrogens is 613 g/mol. The number of nitrogens with zero attached hydrogens (tertiary/aromatic N) is 5. The number of rotatable bonds is 12. The second kappa shape index (κ2) is 14.7. The van der Waals surface area contributed by atoms with E-state index in [0.29, 0.717) is 61.2 Å². The summed E-state index contributed by atoms with van der Waals surface area (Å²) in [7, 11) is 6.85. The van der Waals surface area contributed by atoms with Gasteiger partial charge in [-0.05, 0) is 42.3 Å². The summed E-state index contributed by atoms with van der Waals surface area (Å²) >= 11 is 0. The maximum absolute atomic E-state index is 13.0. The number of hydrogen-bond acceptors (Lipinski definition) is 12. The van der Waals surface area contributed by atoms with Crippen LogP contribution >= 0.6 is 0 Å². The first-order chi connectivity index (χ1) is 22.9. The third-order valence-electron chi connectivity index (χ3n) is 7.58. The van der Waals surface area contributed by atoms with Crippen molar-refractivity contribution in [3.63, 3.8) is 0 Å². The van der Waals surface area contributed by atoms with Gasteiger partial charge in [0.05, 0.1) is 30.6 Å². The average molecular weight is 650 g/mol. The number of methoxy groups -OCH3 is 1. The zero-order valence-corrected chi connectivity index (χ0v) is 27.4. The van der Waals surface area contributed by atoms with Crippen LogP contribution in [0, 0.1) is 16.7 Å². The maximum atomic E-state index is 13.0. The molecule has 0 unspecified atom stereocenters. The Hall–Kier alpha value is -5.25. The van der Waals surface area contributed by atoms with Crippen LogP contribution in [0.1, 0.15) is 29.2 Å². The number of anilines is 1. The topological polar surface area (TPSA) is 203 Å². The van der Waals surface area contributed by atoms with Gasteiger partial charge < -0.3 is 30.1 Å². The van der Waals surface area contributed by atoms with Crippen molar-refractivity contribution < 1.29 is 23.6 Å². The molecule has 2 aliphatic rings. The summed E-state index contributed by atoms with van der Waals surface area (Å²) in [5.74, 6) is -0.462. The van der Waals surface area contributed by atoms with Crippen LogP contribution in [-0.4, -0.2) is 116 Å². The Morgan fingerprint density at radius 2 is 1.83 bits per heavy atom. The molecule has 18 heteroatoms. The van der Waals surface area contributed by atoms with Crippen molar-refractivity contribution in [2.45, 2.75) is 24.6 Å². The quantitative estimate of drug-likeness (QED) is 0.0877. The molecule has 2 aromatic heterocycles. The Morgan fingerprint density at radius 1 is 1.08 bits per heavy atom. The van der Waals surface area contributed by atoms with Gasteiger partial charge in [-0.25, -0.2) is 0 Å². The first kappa shape index (κ1) is 34.1. The molecule has 2 fully saturated rings. The van der Waals surface area contributed by atoms with E-state index in [0.717, 1.165) is 12.8 Å². The molecule has 1 aliphatic heterocycles. The molecular formula is C30H37B3N10O5. The molecule has 15 nitrogen and oxygen atoms in total. The molecule has 246 valence electrons. The number of aromatic nitrogens is 3. The lowest BCUT2D eigenvalue weighted by Crippen LogP contribution is -2.52. The van der Waals surface area contributed by atoms with Crippen molar-refractivity contribution >= 4 is 58.5 Å². The molecule has 1 saturated carbocycles. The van der Waals surface area contributed by atoms with Crippen LogP contribution in [0.2, 0.25) is 0 Å². The van der Waals surface area contributed by atoms with Crippen molar-refractivity contribution in [1.29, 1.82) is 10.8 Å². The fourth-order valence-electron chi connectivity index (χ4n) is 5.01. The van der Waals surface area contributed by atoms with Gasteiger partial charge in [-0.3, -0.25) is 35.1 Å². The molecule has 3 amide bonds. The highest BCUT2D eigenvalue weighted by Crippen LogP contribution is 2.36. The van der Waals surface area contributed by atoms with Crippen LogP contribution in [-0.2, 0) is 16.1 Å². The summed E-state index contributed by atoms with van der Waals surface area (Å²) in [5, 5.41) is 28.9. The van der Waals surface area contributed by atoms with Crippen molar-refractivity contribution in [2.24, 2.45) is 5.92 Å². The number of amidine groups is 1. The van der Waals surface area contributed by atoms with Gasteiger partial charge >= 0.3 is 0 Å². The predicted octanol–water partition coefficient (Wildman–Crippen LogP) is -1.46. The van der Waals surface area contributed by atoms with Gasteiger partial charge in [0.2, 0.25) is 5.91 Å². The third kappa shape index (κ3) is 8.76. The Bertz CT molecular complexity index is 1730. The second-order valence-electron chi connectivity index (χ2n) is 12.6. The number of para-hydroxylation sites is 1. The maximum Gasteiger partial charge on any atom is 0.272 e. The highest BCUT2D eigenvalue weighted by atomic mass is 16.5. The van der Waals surface area contributed by atoms with E-state index in [-0.39, 0.29) is 35.2 Å². The number of benzene rings is 1. The van der Waals surface area contributed by atoms with Crippen molar-refractivity contribution in [1.82, 2.24) is 35.6 Å². The molecule has 1 aromatic carbocycles. The van der Waals surface area contributed by atoms with Crippen molar-refractivity contribution in [3.05, 3.63) is 65.9 Å². The number of piperazine rings is 1. The van der Waals surface area contributed by atoms with Crippen LogP contribution in [0.25, 0.3) is 11.5 Å². The van der Waals surface area contributed by atoms with Gasteiger partial charge in [-0.2, -0.15) is 4.98 Å². The highest BCUT2D eigenvalue weighted by molar-refractivity contribution is 6.61. The Morgan fingerprint density at radius 3 is 2.48 bits per heavy atom. The first-order valence-electron chi connectivity index (χ1n) is 15.6. The fraction of sp³-hybridized carbons (Fsp3) is 0.333. The van der Waals surface area contributed by atoms with Gasteiger partial charge in [0.15, 0.2) is 11.6 Å². The lowest BCUT2D eigenvalue weighted by atomic mass is 9.49. The molecule has 3 aromatic rings.